The third-order valence-electron chi connectivity index (χ3n) is 11.8. The molecule has 1 aliphatic rings. The van der Waals surface area contributed by atoms with Crippen LogP contribution in [0.1, 0.15) is 44.6 Å². The van der Waals surface area contributed by atoms with E-state index in [-0.39, 0.29) is 41.6 Å². The van der Waals surface area contributed by atoms with Crippen molar-refractivity contribution in [2.24, 2.45) is 22.6 Å². The fourth-order valence-corrected chi connectivity index (χ4v) is 10.9. The number of rotatable bonds is 32. The molecule has 0 bridgehead atoms. The van der Waals surface area contributed by atoms with Crippen molar-refractivity contribution in [1.82, 2.24) is 26.6 Å². The molecular formula is C50H64As2N10O16S2. The van der Waals surface area contributed by atoms with E-state index in [0.717, 1.165) is 23.5 Å². The fourth-order valence-electron chi connectivity index (χ4n) is 7.56. The SMILES string of the molecule is CC1(CC(NC(=O)C(Cc2ccc(O)cc2)NC(=O)C(N)CSCC(=O)Nc2ccc([As](O)O)cc2)C(=O)NC(CCC(N)=O)C(=O)NC(CC(N)=O)C(=O)NC(CSCC(=O)Nc2ccc([As](O)O)cc2)C(=O)O)C=CC=CC1. The smallest absolute Gasteiger partial charge is 0.0837 e. The second kappa shape index (κ2) is 32.5. The maximum atomic E-state index is 14.5. The van der Waals surface area contributed by atoms with Gasteiger partial charge in [0.2, 0.25) is 29.5 Å². The number of aromatic hydroxyl groups is 1. The minimum absolute atomic E-state index is 0.0902. The first-order valence-corrected chi connectivity index (χ1v) is 31.9. The molecule has 432 valence electrons. The zero-order valence-corrected chi connectivity index (χ0v) is 48.4. The van der Waals surface area contributed by atoms with Crippen molar-refractivity contribution in [3.05, 3.63) is 103 Å². The average molecular weight is 1280 g/mol. The summed E-state index contributed by atoms with van der Waals surface area (Å²) in [7, 11) is 0. The molecule has 0 spiro atoms. The van der Waals surface area contributed by atoms with E-state index < -0.39 is 151 Å². The normalized spacial score (nSPS) is 15.9. The number of thioether (sulfide) groups is 2. The van der Waals surface area contributed by atoms with Gasteiger partial charge in [0.15, 0.2) is 0 Å². The molecule has 1 aliphatic carbocycles. The predicted octanol–water partition coefficient (Wildman–Crippen LogP) is -4.07. The molecule has 30 heteroatoms. The fraction of sp³-hybridized carbons (Fsp3) is 0.360. The first-order valence-electron chi connectivity index (χ1n) is 24.3. The van der Waals surface area contributed by atoms with Crippen LogP contribution in [0.3, 0.4) is 0 Å². The number of carbonyl (C=O) groups is 10. The summed E-state index contributed by atoms with van der Waals surface area (Å²) in [6, 6.07) is 7.99. The van der Waals surface area contributed by atoms with Gasteiger partial charge in [0.25, 0.3) is 0 Å². The number of phenolic OH excluding ortho intramolecular Hbond substituents is 1. The van der Waals surface area contributed by atoms with Crippen LogP contribution in [0.2, 0.25) is 0 Å². The molecule has 3 aromatic carbocycles. The molecule has 0 aliphatic heterocycles. The first-order chi connectivity index (χ1) is 37.8. The Labute approximate surface area is 478 Å². The van der Waals surface area contributed by atoms with Crippen molar-refractivity contribution >= 4 is 133 Å². The van der Waals surface area contributed by atoms with Gasteiger partial charge in [0.05, 0.1) is 6.42 Å². The van der Waals surface area contributed by atoms with Crippen LogP contribution >= 0.6 is 23.5 Å². The molecule has 4 rings (SSSR count). The zero-order valence-electron chi connectivity index (χ0n) is 43.0. The van der Waals surface area contributed by atoms with Gasteiger partial charge in [0, 0.05) is 12.8 Å². The Morgan fingerprint density at radius 1 is 0.600 bits per heavy atom. The Bertz CT molecular complexity index is 2740. The molecule has 80 heavy (non-hydrogen) atoms. The summed E-state index contributed by atoms with van der Waals surface area (Å²) >= 11 is -4.40. The monoisotopic (exact) mass is 1270 g/mol. The second-order valence-electron chi connectivity index (χ2n) is 18.4. The molecule has 3 aromatic rings. The average Bonchev–Trinajstić information content (AvgIpc) is 3.39. The van der Waals surface area contributed by atoms with E-state index in [4.69, 9.17) is 17.2 Å². The molecule has 0 fully saturated rings. The minimum atomic E-state index is -3.13. The number of nitrogens with one attached hydrogen (secondary N) is 7. The van der Waals surface area contributed by atoms with Crippen LogP contribution in [0.4, 0.5) is 11.4 Å². The Balaban J connectivity index is 1.50. The first kappa shape index (κ1) is 65.8. The van der Waals surface area contributed by atoms with Crippen LogP contribution in [0.5, 0.6) is 5.75 Å². The van der Waals surface area contributed by atoms with Crippen molar-refractivity contribution in [3.63, 3.8) is 0 Å². The van der Waals surface area contributed by atoms with Gasteiger partial charge in [-0.3, -0.25) is 28.8 Å². The van der Waals surface area contributed by atoms with E-state index in [1.54, 1.807) is 25.2 Å². The number of primary amides is 2. The molecule has 0 heterocycles. The summed E-state index contributed by atoms with van der Waals surface area (Å²) < 4.78 is 38.5. The predicted molar refractivity (Wildman–Crippen MR) is 299 cm³/mol. The number of carbonyl (C=O) groups excluding carboxylic acids is 9. The van der Waals surface area contributed by atoms with E-state index in [0.29, 0.717) is 32.1 Å². The molecule has 7 unspecified atom stereocenters. The number of aliphatic carboxylic acids is 1. The number of hydrogen-bond donors (Lipinski definition) is 16. The van der Waals surface area contributed by atoms with E-state index >= 15 is 0 Å². The van der Waals surface area contributed by atoms with Crippen molar-refractivity contribution in [1.29, 1.82) is 0 Å². The van der Waals surface area contributed by atoms with Crippen LogP contribution in [-0.2, 0) is 54.4 Å². The quantitative estimate of drug-likeness (QED) is 0.0264. The van der Waals surface area contributed by atoms with Crippen LogP contribution < -0.4 is 63.1 Å². The maximum absolute atomic E-state index is 14.5. The minimum Gasteiger partial charge on any atom is -0.0837 e. The number of nitrogens with two attached hydrogens (primary N) is 3. The number of amides is 9. The Kier molecular flexibility index (Phi) is 26.7. The summed E-state index contributed by atoms with van der Waals surface area (Å²) in [5.74, 6) is -10.6. The zero-order chi connectivity index (χ0) is 59.1. The van der Waals surface area contributed by atoms with Crippen molar-refractivity contribution in [2.75, 3.05) is 33.6 Å². The van der Waals surface area contributed by atoms with E-state index in [9.17, 15) is 74.5 Å². The summed E-state index contributed by atoms with van der Waals surface area (Å²) in [5, 5.41) is 37.4. The van der Waals surface area contributed by atoms with Gasteiger partial charge in [-0.1, -0.05) is 43.4 Å². The van der Waals surface area contributed by atoms with Gasteiger partial charge >= 0.3 is 255 Å². The number of carboxylic acids is 1. The van der Waals surface area contributed by atoms with Crippen molar-refractivity contribution in [3.8, 4) is 5.75 Å². The molecule has 0 radical (unpaired) electrons. The molecule has 0 saturated carbocycles. The van der Waals surface area contributed by atoms with Crippen molar-refractivity contribution < 1.29 is 74.5 Å². The number of hydrogen-bond acceptors (Lipinski definition) is 18. The van der Waals surface area contributed by atoms with Gasteiger partial charge in [-0.05, 0) is 42.4 Å². The number of carboxylic acid groups (broad SMARTS) is 1. The van der Waals surface area contributed by atoms with Crippen molar-refractivity contribution in [2.45, 2.75) is 81.7 Å². The summed E-state index contributed by atoms with van der Waals surface area (Å²) in [6.07, 6.45) is 5.34. The van der Waals surface area contributed by atoms with Gasteiger partial charge < -0.3 is 32.5 Å². The summed E-state index contributed by atoms with van der Waals surface area (Å²) in [6.45, 7) is 1.79. The third kappa shape index (κ3) is 23.2. The number of allylic oxidation sites excluding steroid dienone is 4. The molecule has 7 atom stereocenters. The number of benzene rings is 3. The molecule has 0 aromatic heterocycles. The Morgan fingerprint density at radius 3 is 1.57 bits per heavy atom. The van der Waals surface area contributed by atoms with Crippen LogP contribution in [-0.4, -0.2) is 176 Å². The topological polar surface area (TPSA) is 454 Å². The van der Waals surface area contributed by atoms with E-state index in [1.807, 2.05) is 6.08 Å². The van der Waals surface area contributed by atoms with Crippen LogP contribution in [0, 0.1) is 5.41 Å². The van der Waals surface area contributed by atoms with Gasteiger partial charge in [-0.2, -0.15) is 0 Å². The summed E-state index contributed by atoms with van der Waals surface area (Å²) in [4.78, 5) is 132. The van der Waals surface area contributed by atoms with E-state index in [2.05, 4.69) is 37.2 Å². The van der Waals surface area contributed by atoms with E-state index in [1.165, 1.54) is 72.8 Å². The van der Waals surface area contributed by atoms with Gasteiger partial charge in [-0.25, -0.2) is 0 Å². The van der Waals surface area contributed by atoms with Gasteiger partial charge in [0.1, 0.15) is 29.9 Å². The molecular weight excluding hydrogens is 1210 g/mol. The number of anilines is 2. The molecule has 0 saturated heterocycles. The number of phenols is 1. The molecule has 26 nitrogen and oxygen atoms in total. The molecule has 9 amide bonds. The standard InChI is InChI=1S/C50H64As2N10O16S2/c1-50(19-3-2-4-20-50)23-38(61-46(70)36(21-28-5-15-33(63)16-6-28)59-44(68)34(53)24-79-26-42(66)56-31-11-7-29(8-12-31)51(75)76)48(72)58-35(17-18-40(54)64)45(69)60-37(22-41(55)65)47(71)62-39(49(73)74)25-80-27-43(67)57-32-13-9-30(10-14-32)52(77)78/h2-16,19,34-39,63,75-78H,17-18,20-27,53H2,1H3,(H2,54,64)(H2,55,65)(H,56,66)(H,57,67)(H,58,72)(H,59,68)(H,60,69)(H,61,70)(H,62,71)(H,73,74). The van der Waals surface area contributed by atoms with Gasteiger partial charge in [-0.15, -0.1) is 0 Å². The summed E-state index contributed by atoms with van der Waals surface area (Å²) in [5.41, 5.74) is 17.5. The second-order valence-corrected chi connectivity index (χ2v) is 25.1. The Hall–Kier alpha value is -6.74. The third-order valence-corrected chi connectivity index (χ3v) is 17.0. The van der Waals surface area contributed by atoms with Crippen LogP contribution in [0.15, 0.2) is 97.1 Å². The Morgan fingerprint density at radius 2 is 1.07 bits per heavy atom. The molecule has 19 N–H and O–H groups in total. The van der Waals surface area contributed by atoms with Crippen LogP contribution in [0.25, 0.3) is 0 Å².